The molecule has 414 valence electrons. The fraction of sp³-hybridized carbons (Fsp3) is 0.483. The van der Waals surface area contributed by atoms with E-state index in [9.17, 15) is 29.0 Å². The SMILES string of the molecule is Cc1c(F)cc2c(c1-c1c(C(N)=O)ccc(OCC(F)CO)c1F)[C@H](C)[C@@](C#CNC1CCC(C(=O)N3CCC(CN4CCC(c5c(F)cc6c(N7CCC(O)NC7=O)nn(C)c6c5F)CC4)CC3)CC1)(c1ccccc1)O2. The first kappa shape index (κ1) is 54.4. The molecule has 78 heavy (non-hydrogen) atoms. The average molecular weight is 1080 g/mol. The molecule has 4 atom stereocenters. The summed E-state index contributed by atoms with van der Waals surface area (Å²) >= 11 is 0. The number of halogens is 5. The summed E-state index contributed by atoms with van der Waals surface area (Å²) < 4.78 is 92.1. The summed E-state index contributed by atoms with van der Waals surface area (Å²) in [5.74, 6) is -1.53. The number of aromatic nitrogens is 2. The molecule has 2 unspecified atom stereocenters. The van der Waals surface area contributed by atoms with E-state index in [2.05, 4.69) is 32.6 Å². The number of amides is 4. The van der Waals surface area contributed by atoms with Crippen LogP contribution in [0.5, 0.6) is 11.5 Å². The zero-order valence-electron chi connectivity index (χ0n) is 43.9. The highest BCUT2D eigenvalue weighted by Gasteiger charge is 2.49. The van der Waals surface area contributed by atoms with Gasteiger partial charge in [-0.3, -0.25) is 19.2 Å². The van der Waals surface area contributed by atoms with Gasteiger partial charge in [0.15, 0.2) is 29.4 Å². The van der Waals surface area contributed by atoms with E-state index >= 15 is 17.6 Å². The van der Waals surface area contributed by atoms with Gasteiger partial charge < -0.3 is 45.9 Å². The van der Waals surface area contributed by atoms with Gasteiger partial charge in [0.05, 0.1) is 17.6 Å². The number of hydrogen-bond acceptors (Lipinski definition) is 10. The Morgan fingerprint density at radius 1 is 0.923 bits per heavy atom. The van der Waals surface area contributed by atoms with Crippen molar-refractivity contribution in [3.8, 4) is 34.6 Å². The van der Waals surface area contributed by atoms with E-state index in [-0.39, 0.29) is 87.0 Å². The number of nitrogens with one attached hydrogen (secondary N) is 2. The average Bonchev–Trinajstić information content (AvgIpc) is 4.15. The molecule has 10 rings (SSSR count). The van der Waals surface area contributed by atoms with Gasteiger partial charge in [0, 0.05) is 91.9 Å². The van der Waals surface area contributed by atoms with Crippen molar-refractivity contribution in [1.29, 1.82) is 0 Å². The van der Waals surface area contributed by atoms with E-state index in [1.54, 1.807) is 7.05 Å². The molecule has 5 aliphatic rings. The maximum Gasteiger partial charge on any atom is 0.325 e. The highest BCUT2D eigenvalue weighted by molar-refractivity contribution is 6.03. The smallest absolute Gasteiger partial charge is 0.325 e. The number of fused-ring (bicyclic) bond motifs is 2. The number of aliphatic hydroxyl groups is 2. The van der Waals surface area contributed by atoms with E-state index < -0.39 is 78.1 Å². The highest BCUT2D eigenvalue weighted by atomic mass is 19.1. The molecule has 1 saturated carbocycles. The van der Waals surface area contributed by atoms with Crippen LogP contribution < -0.4 is 30.7 Å². The molecule has 1 aromatic heterocycles. The molecule has 15 nitrogen and oxygen atoms in total. The number of likely N-dealkylation sites (tertiary alicyclic amines) is 2. The van der Waals surface area contributed by atoms with Crippen molar-refractivity contribution in [2.75, 3.05) is 57.4 Å². The molecule has 1 aliphatic carbocycles. The van der Waals surface area contributed by atoms with Gasteiger partial charge in [0.1, 0.15) is 35.7 Å². The number of anilines is 1. The number of primary amides is 1. The van der Waals surface area contributed by atoms with Crippen molar-refractivity contribution < 1.29 is 56.0 Å². The molecule has 4 aliphatic heterocycles. The third kappa shape index (κ3) is 10.3. The molecule has 4 aromatic carbocycles. The van der Waals surface area contributed by atoms with Crippen LogP contribution in [0, 0.1) is 54.0 Å². The fourth-order valence-corrected chi connectivity index (χ4v) is 12.5. The van der Waals surface area contributed by atoms with Crippen LogP contribution in [0.1, 0.15) is 109 Å². The molecule has 3 saturated heterocycles. The molecular formula is C58H65F5N8O7. The zero-order valence-corrected chi connectivity index (χ0v) is 43.9. The van der Waals surface area contributed by atoms with Crippen molar-refractivity contribution in [2.45, 2.75) is 108 Å². The number of nitrogens with zero attached hydrogens (tertiary/aromatic N) is 5. The number of carbonyl (C=O) groups is 3. The quantitative estimate of drug-likeness (QED) is 0.0443. The maximum atomic E-state index is 16.6. The summed E-state index contributed by atoms with van der Waals surface area (Å²) in [7, 11) is 1.57. The first-order chi connectivity index (χ1) is 37.5. The first-order valence-electron chi connectivity index (χ1n) is 26.9. The number of carbonyl (C=O) groups excluding carboxylic acids is 3. The number of benzene rings is 4. The molecule has 5 aromatic rings. The van der Waals surface area contributed by atoms with Crippen LogP contribution in [0.25, 0.3) is 22.0 Å². The number of rotatable bonds is 13. The third-order valence-corrected chi connectivity index (χ3v) is 16.8. The second kappa shape index (κ2) is 22.4. The van der Waals surface area contributed by atoms with E-state index in [1.807, 2.05) is 42.2 Å². The van der Waals surface area contributed by atoms with Gasteiger partial charge in [-0.15, -0.1) is 0 Å². The lowest BCUT2D eigenvalue weighted by Gasteiger charge is -2.39. The molecular weight excluding hydrogens is 1020 g/mol. The number of nitrogens with two attached hydrogens (primary N) is 1. The van der Waals surface area contributed by atoms with E-state index in [4.69, 9.17) is 15.2 Å². The first-order valence-corrected chi connectivity index (χ1v) is 26.9. The zero-order chi connectivity index (χ0) is 55.2. The largest absolute Gasteiger partial charge is 0.487 e. The van der Waals surface area contributed by atoms with Crippen LogP contribution in [0.3, 0.4) is 0 Å². The molecule has 4 fully saturated rings. The lowest BCUT2D eigenvalue weighted by molar-refractivity contribution is -0.138. The van der Waals surface area contributed by atoms with Crippen LogP contribution in [0.15, 0.2) is 54.6 Å². The highest BCUT2D eigenvalue weighted by Crippen LogP contribution is 2.55. The van der Waals surface area contributed by atoms with Crippen molar-refractivity contribution in [2.24, 2.45) is 24.6 Å². The minimum atomic E-state index is -1.80. The Hall–Kier alpha value is -6.95. The Morgan fingerprint density at radius 2 is 1.64 bits per heavy atom. The molecule has 0 spiro atoms. The van der Waals surface area contributed by atoms with Crippen LogP contribution in [0.2, 0.25) is 0 Å². The molecule has 5 heterocycles. The number of urea groups is 1. The van der Waals surface area contributed by atoms with Gasteiger partial charge in [-0.1, -0.05) is 37.3 Å². The summed E-state index contributed by atoms with van der Waals surface area (Å²) in [5, 5.41) is 29.4. The molecule has 0 radical (unpaired) electrons. The minimum absolute atomic E-state index is 0.0165. The Kier molecular flexibility index (Phi) is 15.6. The molecule has 4 amide bonds. The molecule has 0 bridgehead atoms. The van der Waals surface area contributed by atoms with Gasteiger partial charge in [0.2, 0.25) is 17.4 Å². The topological polar surface area (TPSA) is 188 Å². The summed E-state index contributed by atoms with van der Waals surface area (Å²) in [6.07, 6.45) is 3.11. The van der Waals surface area contributed by atoms with Gasteiger partial charge in [0.25, 0.3) is 0 Å². The van der Waals surface area contributed by atoms with Gasteiger partial charge in [-0.05, 0) is 118 Å². The number of piperidine rings is 2. The van der Waals surface area contributed by atoms with Crippen LogP contribution >= 0.6 is 0 Å². The normalized spacial score (nSPS) is 23.5. The Morgan fingerprint density at radius 3 is 2.32 bits per heavy atom. The summed E-state index contributed by atoms with van der Waals surface area (Å²) in [5.41, 5.74) is 5.03. The number of aryl methyl sites for hydroxylation is 1. The van der Waals surface area contributed by atoms with E-state index in [0.29, 0.717) is 81.7 Å². The second-order valence-electron chi connectivity index (χ2n) is 21.6. The van der Waals surface area contributed by atoms with E-state index in [1.165, 1.54) is 34.7 Å². The summed E-state index contributed by atoms with van der Waals surface area (Å²) in [6, 6.07) is 16.6. The standard InChI is InChI=1S/C58H65F5N8O7/c1-32-42(60)28-45-48(47(32)50-40(54(64)74)13-14-44(51(50)62)77-31-38(59)30-72)33(2)58(78-45,37-7-5-4-6-8-37)20-21-65-39-11-9-36(10-12-39)56(75)70-24-15-34(16-25-70)29-69-22-17-35(18-23-69)49-43(61)27-41-53(52(49)63)68(3)67-55(41)71-26-19-46(73)66-57(71)76/h4-8,13-14,27-28,33-36,38-39,46,65,72-73H,9-12,15-19,22-26,29-31H2,1-3H3,(H2,64,74)(H,66,76)/t33-,36?,38?,39?,46?,58-/m0/s1. The number of hydrogen-bond donors (Lipinski definition) is 5. The Balaban J connectivity index is 0.744. The van der Waals surface area contributed by atoms with Crippen molar-refractivity contribution in [1.82, 2.24) is 30.2 Å². The summed E-state index contributed by atoms with van der Waals surface area (Å²) in [4.78, 5) is 45.0. The van der Waals surface area contributed by atoms with Gasteiger partial charge in [-0.2, -0.15) is 5.10 Å². The fourth-order valence-electron chi connectivity index (χ4n) is 12.5. The lowest BCUT2D eigenvalue weighted by atomic mass is 9.77. The maximum absolute atomic E-state index is 16.6. The monoisotopic (exact) mass is 1080 g/mol. The predicted molar refractivity (Wildman–Crippen MR) is 281 cm³/mol. The molecule has 20 heteroatoms. The Bertz CT molecular complexity index is 3160. The minimum Gasteiger partial charge on any atom is -0.487 e. The second-order valence-corrected chi connectivity index (χ2v) is 21.6. The summed E-state index contributed by atoms with van der Waals surface area (Å²) in [6.45, 7) is 5.48. The van der Waals surface area contributed by atoms with Crippen molar-refractivity contribution in [3.63, 3.8) is 0 Å². The number of aliphatic hydroxyl groups excluding tert-OH is 2. The van der Waals surface area contributed by atoms with Crippen molar-refractivity contribution in [3.05, 3.63) is 106 Å². The van der Waals surface area contributed by atoms with Crippen molar-refractivity contribution >= 4 is 34.6 Å². The number of alkyl halides is 1. The predicted octanol–water partition coefficient (Wildman–Crippen LogP) is 7.77. The van der Waals surface area contributed by atoms with Crippen LogP contribution in [0.4, 0.5) is 32.6 Å². The third-order valence-electron chi connectivity index (χ3n) is 16.8. The van der Waals surface area contributed by atoms with Crippen LogP contribution in [-0.4, -0.2) is 119 Å². The van der Waals surface area contributed by atoms with Crippen LogP contribution in [-0.2, 0) is 17.4 Å². The van der Waals surface area contributed by atoms with Gasteiger partial charge >= 0.3 is 6.03 Å². The molecule has 6 N–H and O–H groups in total. The Labute approximate surface area is 449 Å². The lowest BCUT2D eigenvalue weighted by Crippen LogP contribution is -2.52. The van der Waals surface area contributed by atoms with Gasteiger partial charge in [-0.25, -0.2) is 26.7 Å². The number of ether oxygens (including phenoxy) is 2. The van der Waals surface area contributed by atoms with E-state index in [0.717, 1.165) is 25.5 Å².